The summed E-state index contributed by atoms with van der Waals surface area (Å²) in [5.41, 5.74) is 4.83. The monoisotopic (exact) mass is 267 g/mol. The largest absolute Gasteiger partial charge is 0.409 e. The summed E-state index contributed by atoms with van der Waals surface area (Å²) in [7, 11) is 0. The lowest BCUT2D eigenvalue weighted by atomic mass is 9.72. The number of oxime groups is 1. The van der Waals surface area contributed by atoms with Crippen molar-refractivity contribution in [3.63, 3.8) is 0 Å². The summed E-state index contributed by atoms with van der Waals surface area (Å²) in [5.74, 6) is 0.556. The summed E-state index contributed by atoms with van der Waals surface area (Å²) in [6.45, 7) is 4.12. The highest BCUT2D eigenvalue weighted by Crippen LogP contribution is 2.42. The van der Waals surface area contributed by atoms with Crippen LogP contribution < -0.4 is 11.1 Å². The Morgan fingerprint density at radius 3 is 2.37 bits per heavy atom. The molecule has 0 aromatic rings. The van der Waals surface area contributed by atoms with Crippen LogP contribution in [0, 0.1) is 11.3 Å². The van der Waals surface area contributed by atoms with Crippen LogP contribution in [0.4, 0.5) is 0 Å². The number of nitrogens with zero attached hydrogens (tertiary/aromatic N) is 1. The maximum absolute atomic E-state index is 12.7. The third-order valence-electron chi connectivity index (χ3n) is 4.77. The number of carbonyl (C=O) groups excluding carboxylic acids is 1. The van der Waals surface area contributed by atoms with E-state index in [0.717, 1.165) is 19.3 Å². The number of nitrogens with one attached hydrogen (secondary N) is 1. The third kappa shape index (κ3) is 2.69. The predicted molar refractivity (Wildman–Crippen MR) is 73.9 cm³/mol. The van der Waals surface area contributed by atoms with Gasteiger partial charge in [-0.05, 0) is 45.4 Å². The number of hydrogen-bond acceptors (Lipinski definition) is 3. The molecule has 2 aliphatic rings. The van der Waals surface area contributed by atoms with Crippen molar-refractivity contribution >= 4 is 11.7 Å². The van der Waals surface area contributed by atoms with Gasteiger partial charge in [0.15, 0.2) is 5.84 Å². The highest BCUT2D eigenvalue weighted by molar-refractivity contribution is 6.07. The van der Waals surface area contributed by atoms with E-state index >= 15 is 0 Å². The van der Waals surface area contributed by atoms with Gasteiger partial charge in [-0.25, -0.2) is 0 Å². The topological polar surface area (TPSA) is 87.7 Å². The van der Waals surface area contributed by atoms with Crippen molar-refractivity contribution in [2.24, 2.45) is 22.2 Å². The molecule has 0 atom stereocenters. The average Bonchev–Trinajstić information content (AvgIpc) is 3.22. The molecule has 108 valence electrons. The Morgan fingerprint density at radius 2 is 1.89 bits per heavy atom. The van der Waals surface area contributed by atoms with Gasteiger partial charge in [0.1, 0.15) is 5.41 Å². The summed E-state index contributed by atoms with van der Waals surface area (Å²) in [5, 5.41) is 15.3. The van der Waals surface area contributed by atoms with E-state index in [2.05, 4.69) is 24.3 Å². The van der Waals surface area contributed by atoms with Gasteiger partial charge in [-0.3, -0.25) is 4.79 Å². The van der Waals surface area contributed by atoms with Gasteiger partial charge >= 0.3 is 0 Å². The molecule has 0 aromatic carbocycles. The van der Waals surface area contributed by atoms with Crippen LogP contribution in [-0.2, 0) is 4.79 Å². The van der Waals surface area contributed by atoms with Gasteiger partial charge in [0, 0.05) is 5.54 Å². The van der Waals surface area contributed by atoms with Crippen LogP contribution in [0.3, 0.4) is 0 Å². The second-order valence-corrected chi connectivity index (χ2v) is 6.58. The number of carbonyl (C=O) groups is 1. The van der Waals surface area contributed by atoms with Crippen LogP contribution >= 0.6 is 0 Å². The van der Waals surface area contributed by atoms with Crippen molar-refractivity contribution < 1.29 is 10.0 Å². The lowest BCUT2D eigenvalue weighted by Crippen LogP contribution is -2.56. The first-order chi connectivity index (χ1) is 8.92. The first-order valence-corrected chi connectivity index (χ1v) is 7.23. The molecule has 2 rings (SSSR count). The van der Waals surface area contributed by atoms with Crippen LogP contribution in [0.25, 0.3) is 0 Å². The molecule has 4 N–H and O–H groups in total. The molecule has 0 unspecified atom stereocenters. The van der Waals surface area contributed by atoms with Gasteiger partial charge in [0.05, 0.1) is 0 Å². The summed E-state index contributed by atoms with van der Waals surface area (Å²) in [6, 6.07) is 0. The molecule has 0 radical (unpaired) electrons. The van der Waals surface area contributed by atoms with E-state index in [-0.39, 0.29) is 17.3 Å². The fourth-order valence-corrected chi connectivity index (χ4v) is 3.17. The minimum Gasteiger partial charge on any atom is -0.409 e. The first-order valence-electron chi connectivity index (χ1n) is 7.23. The van der Waals surface area contributed by atoms with E-state index in [1.807, 2.05) is 0 Å². The van der Waals surface area contributed by atoms with Gasteiger partial charge in [0.25, 0.3) is 0 Å². The van der Waals surface area contributed by atoms with Crippen molar-refractivity contribution in [3.8, 4) is 0 Å². The minimum absolute atomic E-state index is 0.0660. The van der Waals surface area contributed by atoms with Crippen LogP contribution in [0.5, 0.6) is 0 Å². The molecule has 0 saturated heterocycles. The molecule has 0 heterocycles. The van der Waals surface area contributed by atoms with Gasteiger partial charge < -0.3 is 16.3 Å². The van der Waals surface area contributed by atoms with E-state index in [1.54, 1.807) is 0 Å². The lowest BCUT2D eigenvalue weighted by molar-refractivity contribution is -0.131. The van der Waals surface area contributed by atoms with E-state index < -0.39 is 5.41 Å². The molecule has 5 nitrogen and oxygen atoms in total. The summed E-state index contributed by atoms with van der Waals surface area (Å²) in [6.07, 6.45) is 6.71. The highest BCUT2D eigenvalue weighted by atomic mass is 16.4. The van der Waals surface area contributed by atoms with Gasteiger partial charge in [-0.15, -0.1) is 0 Å². The van der Waals surface area contributed by atoms with Crippen molar-refractivity contribution in [2.75, 3.05) is 0 Å². The zero-order valence-electron chi connectivity index (χ0n) is 11.9. The normalized spacial score (nSPS) is 24.0. The summed E-state index contributed by atoms with van der Waals surface area (Å²) < 4.78 is 0. The van der Waals surface area contributed by atoms with Gasteiger partial charge in [-0.1, -0.05) is 24.4 Å². The molecular formula is C14H25N3O2. The number of amides is 1. The number of nitrogens with two attached hydrogens (primary N) is 1. The molecule has 2 saturated carbocycles. The first kappa shape index (κ1) is 14.2. The SMILES string of the molecule is CC(C)(NC(=O)C1(C(N)=NO)CCCCC1)C1CC1. The van der Waals surface area contributed by atoms with E-state index in [9.17, 15) is 4.79 Å². The zero-order chi connectivity index (χ0) is 14.1. The second kappa shape index (κ2) is 5.02. The van der Waals surface area contributed by atoms with Crippen LogP contribution in [-0.4, -0.2) is 22.5 Å². The van der Waals surface area contributed by atoms with Crippen LogP contribution in [0.1, 0.15) is 58.8 Å². The average molecular weight is 267 g/mol. The maximum atomic E-state index is 12.7. The molecule has 2 fully saturated rings. The fraction of sp³-hybridized carbons (Fsp3) is 0.857. The summed E-state index contributed by atoms with van der Waals surface area (Å²) in [4.78, 5) is 12.7. The summed E-state index contributed by atoms with van der Waals surface area (Å²) >= 11 is 0. The minimum atomic E-state index is -0.806. The molecule has 0 spiro atoms. The van der Waals surface area contributed by atoms with Crippen LogP contribution in [0.2, 0.25) is 0 Å². The molecule has 0 aromatic heterocycles. The van der Waals surface area contributed by atoms with Gasteiger partial charge in [0.2, 0.25) is 5.91 Å². The number of amidine groups is 1. The van der Waals surface area contributed by atoms with E-state index in [4.69, 9.17) is 10.9 Å². The fourth-order valence-electron chi connectivity index (χ4n) is 3.17. The van der Waals surface area contributed by atoms with E-state index in [1.165, 1.54) is 12.8 Å². The standard InChI is InChI=1S/C14H25N3O2/c1-13(2,10-6-7-10)16-12(18)14(11(15)17-19)8-4-3-5-9-14/h10,19H,3-9H2,1-2H3,(H2,15,17)(H,16,18). The van der Waals surface area contributed by atoms with Crippen molar-refractivity contribution in [3.05, 3.63) is 0 Å². The number of rotatable bonds is 4. The van der Waals surface area contributed by atoms with Crippen molar-refractivity contribution in [1.29, 1.82) is 0 Å². The molecule has 5 heteroatoms. The zero-order valence-corrected chi connectivity index (χ0v) is 11.9. The van der Waals surface area contributed by atoms with Crippen molar-refractivity contribution in [2.45, 2.75) is 64.3 Å². The lowest BCUT2D eigenvalue weighted by Gasteiger charge is -2.38. The Morgan fingerprint density at radius 1 is 1.32 bits per heavy atom. The van der Waals surface area contributed by atoms with Gasteiger partial charge in [-0.2, -0.15) is 0 Å². The number of hydrogen-bond donors (Lipinski definition) is 3. The predicted octanol–water partition coefficient (Wildman–Crippen LogP) is 1.99. The highest BCUT2D eigenvalue weighted by Gasteiger charge is 2.47. The van der Waals surface area contributed by atoms with Crippen molar-refractivity contribution in [1.82, 2.24) is 5.32 Å². The smallest absolute Gasteiger partial charge is 0.234 e. The Hall–Kier alpha value is -1.26. The molecule has 19 heavy (non-hydrogen) atoms. The Labute approximate surface area is 114 Å². The molecule has 0 bridgehead atoms. The molecule has 1 amide bonds. The molecule has 0 aliphatic heterocycles. The third-order valence-corrected chi connectivity index (χ3v) is 4.77. The molecular weight excluding hydrogens is 242 g/mol. The molecule has 2 aliphatic carbocycles. The van der Waals surface area contributed by atoms with E-state index in [0.29, 0.717) is 18.8 Å². The quantitative estimate of drug-likeness (QED) is 0.315. The Bertz CT molecular complexity index is 380. The van der Waals surface area contributed by atoms with Crippen LogP contribution in [0.15, 0.2) is 5.16 Å². The Kier molecular flexibility index (Phi) is 3.74. The maximum Gasteiger partial charge on any atom is 0.234 e. The Balaban J connectivity index is 2.16. The second-order valence-electron chi connectivity index (χ2n) is 6.58.